The van der Waals surface area contributed by atoms with Crippen molar-refractivity contribution in [3.8, 4) is 0 Å². The Labute approximate surface area is 212 Å². The third kappa shape index (κ3) is 3.83. The Morgan fingerprint density at radius 1 is 0.500 bits per heavy atom. The molecule has 0 unspecified atom stereocenters. The Bertz CT molecular complexity index is 1560. The van der Waals surface area contributed by atoms with Crippen LogP contribution in [-0.2, 0) is 0 Å². The maximum Gasteiger partial charge on any atom is 0.201 e. The lowest BCUT2D eigenvalue weighted by Gasteiger charge is -2.29. The first-order valence-corrected chi connectivity index (χ1v) is 14.2. The van der Waals surface area contributed by atoms with Crippen molar-refractivity contribution in [1.29, 1.82) is 0 Å². The molecule has 0 atom stereocenters. The molecule has 6 aromatic rings. The second-order valence-corrected chi connectivity index (χ2v) is 12.5. The molecule has 0 bridgehead atoms. The number of fused-ring (bicyclic) bond motifs is 2. The molecular formula is C34H26OP+. The van der Waals surface area contributed by atoms with Crippen molar-refractivity contribution in [2.75, 3.05) is 6.16 Å². The Morgan fingerprint density at radius 3 is 1.42 bits per heavy atom. The SMILES string of the molecule is O=C(C[P+](c1ccccc1)(c1ccccc1)c1c2ccccc2cc2ccccc12)c1ccccc1. The Hall–Kier alpha value is -4.06. The zero-order chi connectivity index (χ0) is 24.4. The number of Topliss-reactive ketones (excluding diaryl/α,β-unsaturated/α-hetero) is 1. The smallest absolute Gasteiger partial charge is 0.201 e. The van der Waals surface area contributed by atoms with Gasteiger partial charge in [-0.3, -0.25) is 4.79 Å². The van der Waals surface area contributed by atoms with E-state index >= 15 is 0 Å². The van der Waals surface area contributed by atoms with E-state index in [4.69, 9.17) is 0 Å². The van der Waals surface area contributed by atoms with Crippen LogP contribution in [0.2, 0.25) is 0 Å². The quantitative estimate of drug-likeness (QED) is 0.140. The topological polar surface area (TPSA) is 17.1 Å². The molecule has 1 nitrogen and oxygen atoms in total. The third-order valence-corrected chi connectivity index (χ3v) is 11.4. The minimum Gasteiger partial charge on any atom is -0.290 e. The normalized spacial score (nSPS) is 11.6. The van der Waals surface area contributed by atoms with Gasteiger partial charge in [-0.1, -0.05) is 115 Å². The first-order chi connectivity index (χ1) is 17.8. The molecule has 0 aliphatic heterocycles. The zero-order valence-corrected chi connectivity index (χ0v) is 20.8. The number of carbonyl (C=O) groups excluding carboxylic acids is 1. The number of hydrogen-bond acceptors (Lipinski definition) is 1. The second kappa shape index (κ2) is 9.53. The minimum absolute atomic E-state index is 0.175. The largest absolute Gasteiger partial charge is 0.290 e. The molecule has 6 rings (SSSR count). The number of rotatable bonds is 6. The number of carbonyl (C=O) groups is 1. The maximum atomic E-state index is 14.1. The van der Waals surface area contributed by atoms with Gasteiger partial charge in [0.2, 0.25) is 5.78 Å². The molecule has 0 saturated heterocycles. The Kier molecular flexibility index (Phi) is 5.93. The van der Waals surface area contributed by atoms with E-state index in [2.05, 4.69) is 115 Å². The van der Waals surface area contributed by atoms with Crippen molar-refractivity contribution in [1.82, 2.24) is 0 Å². The Balaban J connectivity index is 1.78. The van der Waals surface area contributed by atoms with Crippen LogP contribution in [0.4, 0.5) is 0 Å². The van der Waals surface area contributed by atoms with Crippen LogP contribution in [0.25, 0.3) is 21.5 Å². The molecule has 0 fully saturated rings. The van der Waals surface area contributed by atoms with Gasteiger partial charge in [-0.25, -0.2) is 0 Å². The standard InChI is InChI=1S/C34H26OP/c35-33(26-14-4-1-5-15-26)25-36(29-18-6-2-7-19-29,30-20-8-3-9-21-30)34-31-22-12-10-16-27(31)24-28-17-11-13-23-32(28)34/h1-24H,25H2/q+1. The molecule has 0 N–H and O–H groups in total. The molecular weight excluding hydrogens is 455 g/mol. The highest BCUT2D eigenvalue weighted by Gasteiger charge is 2.49. The van der Waals surface area contributed by atoms with E-state index in [9.17, 15) is 4.79 Å². The lowest BCUT2D eigenvalue weighted by atomic mass is 10.0. The van der Waals surface area contributed by atoms with Crippen LogP contribution in [0.3, 0.4) is 0 Å². The fourth-order valence-electron chi connectivity index (χ4n) is 5.37. The molecule has 0 saturated carbocycles. The summed E-state index contributed by atoms with van der Waals surface area (Å²) >= 11 is 0. The van der Waals surface area contributed by atoms with Gasteiger partial charge in [0, 0.05) is 16.3 Å². The summed E-state index contributed by atoms with van der Waals surface area (Å²) < 4.78 is 0. The molecule has 0 aromatic heterocycles. The highest BCUT2D eigenvalue weighted by atomic mass is 31.2. The maximum absolute atomic E-state index is 14.1. The predicted molar refractivity (Wildman–Crippen MR) is 156 cm³/mol. The molecule has 0 spiro atoms. The van der Waals surface area contributed by atoms with Crippen LogP contribution in [0.5, 0.6) is 0 Å². The van der Waals surface area contributed by atoms with Crippen LogP contribution in [-0.4, -0.2) is 11.9 Å². The summed E-state index contributed by atoms with van der Waals surface area (Å²) in [7, 11) is -2.42. The van der Waals surface area contributed by atoms with E-state index in [0.29, 0.717) is 6.16 Å². The fourth-order valence-corrected chi connectivity index (χ4v) is 9.91. The van der Waals surface area contributed by atoms with Gasteiger partial charge in [0.15, 0.2) is 0 Å². The Morgan fingerprint density at radius 2 is 0.917 bits per heavy atom. The van der Waals surface area contributed by atoms with E-state index in [1.54, 1.807) is 0 Å². The summed E-state index contributed by atoms with van der Waals surface area (Å²) in [6.07, 6.45) is 0.434. The van der Waals surface area contributed by atoms with Crippen LogP contribution in [0.15, 0.2) is 146 Å². The van der Waals surface area contributed by atoms with Gasteiger partial charge in [-0.2, -0.15) is 0 Å². The molecule has 6 aromatic carbocycles. The zero-order valence-electron chi connectivity index (χ0n) is 19.9. The highest BCUT2D eigenvalue weighted by molar-refractivity contribution is 7.97. The molecule has 0 aliphatic carbocycles. The van der Waals surface area contributed by atoms with E-state index in [0.717, 1.165) is 5.56 Å². The van der Waals surface area contributed by atoms with Crippen molar-refractivity contribution < 1.29 is 4.79 Å². The lowest BCUT2D eigenvalue weighted by Crippen LogP contribution is -2.36. The van der Waals surface area contributed by atoms with Crippen LogP contribution >= 0.6 is 7.26 Å². The lowest BCUT2D eigenvalue weighted by molar-refractivity contribution is 0.102. The summed E-state index contributed by atoms with van der Waals surface area (Å²) in [5, 5.41) is 8.59. The second-order valence-electron chi connectivity index (χ2n) is 9.10. The van der Waals surface area contributed by atoms with Gasteiger partial charge in [0.25, 0.3) is 0 Å². The number of benzene rings is 6. The summed E-state index contributed by atoms with van der Waals surface area (Å²) in [4.78, 5) is 14.1. The summed E-state index contributed by atoms with van der Waals surface area (Å²) in [5.41, 5.74) is 0.762. The molecule has 172 valence electrons. The van der Waals surface area contributed by atoms with Crippen LogP contribution in [0.1, 0.15) is 10.4 Å². The van der Waals surface area contributed by atoms with Gasteiger partial charge < -0.3 is 0 Å². The summed E-state index contributed by atoms with van der Waals surface area (Å²) in [6, 6.07) is 50.7. The molecule has 2 heteroatoms. The van der Waals surface area contributed by atoms with E-state index < -0.39 is 7.26 Å². The number of hydrogen-bond donors (Lipinski definition) is 0. The van der Waals surface area contributed by atoms with Gasteiger partial charge in [0.1, 0.15) is 29.3 Å². The van der Waals surface area contributed by atoms with Crippen LogP contribution < -0.4 is 15.9 Å². The van der Waals surface area contributed by atoms with Gasteiger partial charge in [-0.05, 0) is 41.1 Å². The van der Waals surface area contributed by atoms with E-state index in [-0.39, 0.29) is 5.78 Å². The molecule has 0 heterocycles. The third-order valence-electron chi connectivity index (χ3n) is 7.00. The van der Waals surface area contributed by atoms with E-state index in [1.165, 1.54) is 37.5 Å². The molecule has 0 radical (unpaired) electrons. The fraction of sp³-hybridized carbons (Fsp3) is 0.0294. The van der Waals surface area contributed by atoms with Crippen molar-refractivity contribution in [2.45, 2.75) is 0 Å². The van der Waals surface area contributed by atoms with Gasteiger partial charge in [-0.15, -0.1) is 0 Å². The molecule has 36 heavy (non-hydrogen) atoms. The summed E-state index contributed by atoms with van der Waals surface area (Å²) in [5.74, 6) is 0.175. The average Bonchev–Trinajstić information content (AvgIpc) is 2.96. The minimum atomic E-state index is -2.42. The number of ketones is 1. The predicted octanol–water partition coefficient (Wildman–Crippen LogP) is 7.17. The summed E-state index contributed by atoms with van der Waals surface area (Å²) in [6.45, 7) is 0. The first-order valence-electron chi connectivity index (χ1n) is 12.3. The van der Waals surface area contributed by atoms with Crippen molar-refractivity contribution in [2.24, 2.45) is 0 Å². The first kappa shape index (κ1) is 22.4. The highest BCUT2D eigenvalue weighted by Crippen LogP contribution is 2.58. The molecule has 0 amide bonds. The molecule has 0 aliphatic rings. The van der Waals surface area contributed by atoms with Gasteiger partial charge in [0.05, 0.1) is 0 Å². The van der Waals surface area contributed by atoms with Crippen molar-refractivity contribution >= 4 is 50.5 Å². The monoisotopic (exact) mass is 481 g/mol. The van der Waals surface area contributed by atoms with E-state index in [1.807, 2.05) is 30.3 Å². The van der Waals surface area contributed by atoms with Crippen molar-refractivity contribution in [3.05, 3.63) is 151 Å². The average molecular weight is 482 g/mol. The van der Waals surface area contributed by atoms with Crippen LogP contribution in [0, 0.1) is 0 Å². The van der Waals surface area contributed by atoms with Gasteiger partial charge >= 0.3 is 0 Å². The van der Waals surface area contributed by atoms with Crippen molar-refractivity contribution in [3.63, 3.8) is 0 Å².